The second-order valence-electron chi connectivity index (χ2n) is 10.7. The summed E-state index contributed by atoms with van der Waals surface area (Å²) < 4.78 is 14.6. The molecule has 2 aromatic carbocycles. The lowest BCUT2D eigenvalue weighted by Gasteiger charge is -2.50. The third-order valence-electron chi connectivity index (χ3n) is 8.79. The Balaban J connectivity index is 1.49. The number of phenols is 2. The Labute approximate surface area is 241 Å². The van der Waals surface area contributed by atoms with Crippen molar-refractivity contribution in [2.75, 3.05) is 11.9 Å². The van der Waals surface area contributed by atoms with E-state index in [2.05, 4.69) is 0 Å². The molecule has 6 atom stereocenters. The van der Waals surface area contributed by atoms with E-state index in [1.807, 2.05) is 0 Å². The van der Waals surface area contributed by atoms with Crippen molar-refractivity contribution in [2.45, 2.75) is 28.5 Å². The normalized spacial score (nSPS) is 32.5. The van der Waals surface area contributed by atoms with Gasteiger partial charge in [-0.25, -0.2) is 14.1 Å². The number of nitrogens with zero attached hydrogens (tertiary/aromatic N) is 2. The first-order valence-electron chi connectivity index (χ1n) is 12.6. The van der Waals surface area contributed by atoms with Gasteiger partial charge < -0.3 is 15.3 Å². The van der Waals surface area contributed by atoms with Crippen LogP contribution in [0.4, 0.5) is 10.1 Å². The molecule has 3 N–H and O–H groups in total. The minimum atomic E-state index is -2.09. The van der Waals surface area contributed by atoms with Crippen LogP contribution in [0.15, 0.2) is 48.0 Å². The molecular weight excluding hydrogens is 582 g/mol. The fraction of sp³-hybridized carbons (Fsp3) is 0.321. The molecule has 3 fully saturated rings. The number of imide groups is 2. The van der Waals surface area contributed by atoms with Crippen molar-refractivity contribution in [3.05, 3.63) is 65.0 Å². The van der Waals surface area contributed by atoms with Gasteiger partial charge in [-0.1, -0.05) is 17.7 Å². The molecule has 6 rings (SSSR count). The molecule has 0 aromatic heterocycles. The molecule has 41 heavy (non-hydrogen) atoms. The van der Waals surface area contributed by atoms with Crippen molar-refractivity contribution in [3.8, 4) is 11.5 Å². The number of carboxylic acid groups (broad SMARTS) is 1. The number of fused-ring (bicyclic) bond motifs is 4. The van der Waals surface area contributed by atoms with E-state index in [1.165, 1.54) is 19.2 Å². The summed E-state index contributed by atoms with van der Waals surface area (Å²) in [5.74, 6) is -10.5. The topological polar surface area (TPSA) is 153 Å². The van der Waals surface area contributed by atoms with Crippen molar-refractivity contribution in [2.24, 2.45) is 17.8 Å². The summed E-state index contributed by atoms with van der Waals surface area (Å²) in [7, 11) is 1.23. The largest absolute Gasteiger partial charge is 0.507 e. The highest BCUT2D eigenvalue weighted by Gasteiger charge is 2.75. The van der Waals surface area contributed by atoms with Crippen LogP contribution in [-0.4, -0.2) is 66.6 Å². The van der Waals surface area contributed by atoms with Gasteiger partial charge in [0.25, 0.3) is 11.8 Å². The van der Waals surface area contributed by atoms with Gasteiger partial charge in [0.05, 0.1) is 17.5 Å². The molecule has 2 aliphatic heterocycles. The smallest absolute Gasteiger partial charge is 0.339 e. The van der Waals surface area contributed by atoms with E-state index >= 15 is 0 Å². The molecule has 13 heteroatoms. The standard InChI is InChI=1S/C28H21Cl2FN2O8/c1-32-25(40)27(29)10-16-13(21(28(27,30)26(32)41)11-2-7-18(34)17(31)8-11)5-6-15-20(16)23(37)33(22(15)36)12-3-4-14(24(38)39)19(35)9-12/h2-5,7-9,15-16,20-21,34-35H,6,10H2,1H3,(H,38,39). The zero-order valence-electron chi connectivity index (χ0n) is 21.2. The molecule has 2 saturated heterocycles. The van der Waals surface area contributed by atoms with Crippen LogP contribution in [-0.2, 0) is 19.2 Å². The minimum absolute atomic E-state index is 0.0365. The summed E-state index contributed by atoms with van der Waals surface area (Å²) in [6, 6.07) is 6.75. The van der Waals surface area contributed by atoms with Crippen LogP contribution in [0.25, 0.3) is 0 Å². The van der Waals surface area contributed by atoms with Crippen LogP contribution in [0.2, 0.25) is 0 Å². The first-order valence-corrected chi connectivity index (χ1v) is 13.3. The molecule has 4 amide bonds. The van der Waals surface area contributed by atoms with Gasteiger partial charge in [0.1, 0.15) is 11.3 Å². The molecule has 0 bridgehead atoms. The molecule has 0 radical (unpaired) electrons. The van der Waals surface area contributed by atoms with E-state index in [0.29, 0.717) is 5.57 Å². The average molecular weight is 603 g/mol. The quantitative estimate of drug-likeness (QED) is 0.275. The number of carbonyl (C=O) groups is 5. The van der Waals surface area contributed by atoms with Crippen LogP contribution in [0, 0.1) is 23.6 Å². The zero-order chi connectivity index (χ0) is 29.8. The molecule has 2 aromatic rings. The van der Waals surface area contributed by atoms with Crippen molar-refractivity contribution < 1.29 is 43.7 Å². The number of phenolic OH excluding ortho intramolecular Hbond substituents is 1. The molecule has 1 saturated carbocycles. The maximum atomic E-state index is 14.6. The van der Waals surface area contributed by atoms with E-state index in [-0.39, 0.29) is 24.1 Å². The zero-order valence-corrected chi connectivity index (χ0v) is 22.7. The number of halogens is 3. The van der Waals surface area contributed by atoms with Crippen molar-refractivity contribution in [1.29, 1.82) is 0 Å². The number of carboxylic acids is 1. The second kappa shape index (κ2) is 8.77. The highest BCUT2D eigenvalue weighted by molar-refractivity contribution is 6.53. The maximum Gasteiger partial charge on any atom is 0.339 e. The molecule has 4 aliphatic rings. The third-order valence-corrected chi connectivity index (χ3v) is 10.2. The Morgan fingerprint density at radius 2 is 1.68 bits per heavy atom. The third kappa shape index (κ3) is 3.39. The summed E-state index contributed by atoms with van der Waals surface area (Å²) in [6.45, 7) is 0. The van der Waals surface area contributed by atoms with Crippen molar-refractivity contribution in [1.82, 2.24) is 4.90 Å². The number of anilines is 1. The summed E-state index contributed by atoms with van der Waals surface area (Å²) in [6.07, 6.45) is 1.44. The highest BCUT2D eigenvalue weighted by atomic mass is 35.5. The lowest BCUT2D eigenvalue weighted by Crippen LogP contribution is -2.60. The number of hydrogen-bond acceptors (Lipinski definition) is 7. The van der Waals surface area contributed by atoms with E-state index in [9.17, 15) is 43.7 Å². The Kier molecular flexibility index (Phi) is 5.82. The minimum Gasteiger partial charge on any atom is -0.507 e. The summed E-state index contributed by atoms with van der Waals surface area (Å²) in [5, 5.41) is 29.2. The Morgan fingerprint density at radius 1 is 0.976 bits per heavy atom. The number of alkyl halides is 2. The fourth-order valence-corrected chi connectivity index (χ4v) is 7.93. The van der Waals surface area contributed by atoms with Gasteiger partial charge in [0.2, 0.25) is 11.8 Å². The molecule has 2 aliphatic carbocycles. The van der Waals surface area contributed by atoms with Gasteiger partial charge in [-0.3, -0.25) is 24.1 Å². The van der Waals surface area contributed by atoms with Crippen LogP contribution in [0.3, 0.4) is 0 Å². The number of rotatable bonds is 3. The monoisotopic (exact) mass is 602 g/mol. The molecule has 212 valence electrons. The molecule has 0 spiro atoms. The maximum absolute atomic E-state index is 14.6. The number of hydrogen-bond donors (Lipinski definition) is 3. The van der Waals surface area contributed by atoms with Gasteiger partial charge in [-0.15, -0.1) is 23.2 Å². The number of aromatic carboxylic acids is 1. The predicted octanol–water partition coefficient (Wildman–Crippen LogP) is 3.13. The van der Waals surface area contributed by atoms with Crippen LogP contribution in [0.5, 0.6) is 11.5 Å². The first-order chi connectivity index (χ1) is 19.2. The molecule has 2 heterocycles. The Hall–Kier alpha value is -3.96. The number of allylic oxidation sites excluding steroid dienone is 2. The van der Waals surface area contributed by atoms with E-state index in [4.69, 9.17) is 23.2 Å². The SMILES string of the molecule is CN1C(=O)C2(Cl)CC3C(=CCC4C(=O)N(c5ccc(C(=O)O)c(O)c5)C(=O)C43)C(c3ccc(O)c(F)c3)C2(Cl)C1=O. The summed E-state index contributed by atoms with van der Waals surface area (Å²) in [5.41, 5.74) is 0.132. The summed E-state index contributed by atoms with van der Waals surface area (Å²) in [4.78, 5) is 63.2. The van der Waals surface area contributed by atoms with Gasteiger partial charge in [0, 0.05) is 19.0 Å². The van der Waals surface area contributed by atoms with Crippen molar-refractivity contribution >= 4 is 58.5 Å². The van der Waals surface area contributed by atoms with Crippen molar-refractivity contribution in [3.63, 3.8) is 0 Å². The average Bonchev–Trinajstić information content (AvgIpc) is 3.25. The van der Waals surface area contributed by atoms with Gasteiger partial charge >= 0.3 is 5.97 Å². The molecular formula is C28H21Cl2FN2O8. The van der Waals surface area contributed by atoms with Crippen LogP contribution in [0.1, 0.15) is 34.7 Å². The van der Waals surface area contributed by atoms with E-state index in [1.54, 1.807) is 6.08 Å². The lowest BCUT2D eigenvalue weighted by atomic mass is 9.56. The number of carbonyl (C=O) groups excluding carboxylic acids is 4. The van der Waals surface area contributed by atoms with E-state index in [0.717, 1.165) is 34.1 Å². The number of aromatic hydroxyl groups is 2. The van der Waals surface area contributed by atoms with Gasteiger partial charge in [-0.05, 0) is 48.6 Å². The highest BCUT2D eigenvalue weighted by Crippen LogP contribution is 2.65. The van der Waals surface area contributed by atoms with E-state index < -0.39 is 85.9 Å². The lowest BCUT2D eigenvalue weighted by molar-refractivity contribution is -0.138. The summed E-state index contributed by atoms with van der Waals surface area (Å²) >= 11 is 14.0. The fourth-order valence-electron chi connectivity index (χ4n) is 6.91. The van der Waals surface area contributed by atoms with Gasteiger partial charge in [-0.2, -0.15) is 0 Å². The number of amides is 4. The number of benzene rings is 2. The molecule has 6 unspecified atom stereocenters. The first kappa shape index (κ1) is 27.2. The Bertz CT molecular complexity index is 1640. The van der Waals surface area contributed by atoms with Crippen LogP contribution < -0.4 is 4.90 Å². The second-order valence-corrected chi connectivity index (χ2v) is 12.0. The Morgan fingerprint density at radius 3 is 2.32 bits per heavy atom. The molecule has 10 nitrogen and oxygen atoms in total. The predicted molar refractivity (Wildman–Crippen MR) is 141 cm³/mol. The van der Waals surface area contributed by atoms with Crippen LogP contribution >= 0.6 is 23.2 Å². The van der Waals surface area contributed by atoms with Gasteiger partial charge in [0.15, 0.2) is 21.3 Å². The number of likely N-dealkylation sites (tertiary alicyclic amines) is 1.